The Hall–Kier alpha value is -1.71. The number of hydrogen-bond donors (Lipinski definition) is 1. The average molecular weight is 262 g/mol. The van der Waals surface area contributed by atoms with Gasteiger partial charge in [-0.05, 0) is 37.1 Å². The van der Waals surface area contributed by atoms with Gasteiger partial charge in [-0.3, -0.25) is 0 Å². The van der Waals surface area contributed by atoms with Crippen LogP contribution >= 0.6 is 0 Å². The summed E-state index contributed by atoms with van der Waals surface area (Å²) in [6.45, 7) is 1.73. The van der Waals surface area contributed by atoms with E-state index in [0.29, 0.717) is 0 Å². The quantitative estimate of drug-likeness (QED) is 0.886. The first-order valence-electron chi connectivity index (χ1n) is 6.99. The first-order chi connectivity index (χ1) is 9.29. The number of amides is 2. The molecule has 19 heavy (non-hydrogen) atoms. The maximum atomic E-state index is 12.2. The number of nitrogens with zero attached hydrogens (tertiary/aromatic N) is 1. The number of hydrogen-bond acceptors (Lipinski definition) is 2. The zero-order valence-electron chi connectivity index (χ0n) is 11.5. The Morgan fingerprint density at radius 1 is 1.05 bits per heavy atom. The zero-order chi connectivity index (χ0) is 13.5. The molecule has 1 N–H and O–H groups in total. The first kappa shape index (κ1) is 13.7. The van der Waals surface area contributed by atoms with Crippen molar-refractivity contribution in [2.75, 3.05) is 25.5 Å². The molecule has 1 heterocycles. The minimum Gasteiger partial charge on any atom is -0.497 e. The fourth-order valence-corrected chi connectivity index (χ4v) is 2.33. The Kier molecular flexibility index (Phi) is 5.07. The second-order valence-corrected chi connectivity index (χ2v) is 4.91. The van der Waals surface area contributed by atoms with Gasteiger partial charge in [-0.2, -0.15) is 0 Å². The van der Waals surface area contributed by atoms with Crippen LogP contribution in [0.15, 0.2) is 24.3 Å². The van der Waals surface area contributed by atoms with Gasteiger partial charge in [0, 0.05) is 18.8 Å². The molecule has 4 heteroatoms. The third-order valence-corrected chi connectivity index (χ3v) is 3.48. The van der Waals surface area contributed by atoms with Crippen molar-refractivity contribution < 1.29 is 9.53 Å². The van der Waals surface area contributed by atoms with E-state index in [0.717, 1.165) is 37.4 Å². The molecule has 2 amide bonds. The molecule has 1 aromatic rings. The van der Waals surface area contributed by atoms with Crippen LogP contribution < -0.4 is 10.1 Å². The summed E-state index contributed by atoms with van der Waals surface area (Å²) in [5.41, 5.74) is 0.813. The van der Waals surface area contributed by atoms with Gasteiger partial charge >= 0.3 is 6.03 Å². The third-order valence-electron chi connectivity index (χ3n) is 3.48. The van der Waals surface area contributed by atoms with E-state index in [1.807, 2.05) is 29.2 Å². The number of urea groups is 1. The maximum absolute atomic E-state index is 12.2. The molecule has 0 aromatic heterocycles. The van der Waals surface area contributed by atoms with Gasteiger partial charge in [0.1, 0.15) is 5.75 Å². The number of ether oxygens (including phenoxy) is 1. The molecule has 0 bridgehead atoms. The molecule has 2 rings (SSSR count). The lowest BCUT2D eigenvalue weighted by atomic mass is 10.1. The molecule has 1 aliphatic heterocycles. The molecule has 0 unspecified atom stereocenters. The Labute approximate surface area is 114 Å². The molecule has 0 saturated carbocycles. The van der Waals surface area contributed by atoms with Gasteiger partial charge in [0.05, 0.1) is 7.11 Å². The molecular formula is C15H22N2O2. The van der Waals surface area contributed by atoms with Crippen LogP contribution in [0.2, 0.25) is 0 Å². The smallest absolute Gasteiger partial charge is 0.321 e. The molecule has 1 aromatic carbocycles. The Morgan fingerprint density at radius 3 is 2.21 bits per heavy atom. The number of carbonyl (C=O) groups is 1. The Morgan fingerprint density at radius 2 is 1.63 bits per heavy atom. The van der Waals surface area contributed by atoms with Gasteiger partial charge < -0.3 is 15.0 Å². The van der Waals surface area contributed by atoms with Gasteiger partial charge in [0.25, 0.3) is 0 Å². The summed E-state index contributed by atoms with van der Waals surface area (Å²) in [4.78, 5) is 14.1. The minimum absolute atomic E-state index is 0.00654. The molecule has 0 aliphatic carbocycles. The number of likely N-dealkylation sites (tertiary alicyclic amines) is 1. The molecule has 0 spiro atoms. The maximum Gasteiger partial charge on any atom is 0.321 e. The van der Waals surface area contributed by atoms with Gasteiger partial charge in [-0.1, -0.05) is 19.3 Å². The predicted molar refractivity (Wildman–Crippen MR) is 76.7 cm³/mol. The molecular weight excluding hydrogens is 240 g/mol. The van der Waals surface area contributed by atoms with Gasteiger partial charge in [0.2, 0.25) is 0 Å². The first-order valence-corrected chi connectivity index (χ1v) is 6.99. The van der Waals surface area contributed by atoms with Crippen LogP contribution in [0, 0.1) is 0 Å². The van der Waals surface area contributed by atoms with Gasteiger partial charge in [-0.25, -0.2) is 4.79 Å². The fourth-order valence-electron chi connectivity index (χ4n) is 2.33. The van der Waals surface area contributed by atoms with Crippen LogP contribution in [-0.4, -0.2) is 31.1 Å². The molecule has 4 nitrogen and oxygen atoms in total. The van der Waals surface area contributed by atoms with Crippen LogP contribution in [0.4, 0.5) is 10.5 Å². The molecule has 1 aliphatic rings. The number of methoxy groups -OCH3 is 1. The van der Waals surface area contributed by atoms with Crippen molar-refractivity contribution in [1.82, 2.24) is 4.90 Å². The summed E-state index contributed by atoms with van der Waals surface area (Å²) in [6, 6.07) is 7.43. The van der Waals surface area contributed by atoms with Crippen molar-refractivity contribution in [3.63, 3.8) is 0 Å². The van der Waals surface area contributed by atoms with Crippen LogP contribution in [0.3, 0.4) is 0 Å². The SMILES string of the molecule is COc1ccc(NC(=O)N2CCCCCCC2)cc1. The largest absolute Gasteiger partial charge is 0.497 e. The van der Waals surface area contributed by atoms with E-state index < -0.39 is 0 Å². The highest BCUT2D eigenvalue weighted by Crippen LogP contribution is 2.16. The van der Waals surface area contributed by atoms with E-state index in [1.165, 1.54) is 19.3 Å². The third kappa shape index (κ3) is 4.16. The Bertz CT molecular complexity index is 395. The summed E-state index contributed by atoms with van der Waals surface area (Å²) < 4.78 is 5.10. The van der Waals surface area contributed by atoms with Gasteiger partial charge in [-0.15, -0.1) is 0 Å². The lowest BCUT2D eigenvalue weighted by Crippen LogP contribution is -2.37. The van der Waals surface area contributed by atoms with Crippen LogP contribution in [0.1, 0.15) is 32.1 Å². The molecule has 0 atom stereocenters. The van der Waals surface area contributed by atoms with Crippen molar-refractivity contribution in [2.45, 2.75) is 32.1 Å². The average Bonchev–Trinajstić information content (AvgIpc) is 2.39. The highest BCUT2D eigenvalue weighted by atomic mass is 16.5. The van der Waals surface area contributed by atoms with Crippen LogP contribution in [0.25, 0.3) is 0 Å². The summed E-state index contributed by atoms with van der Waals surface area (Å²) >= 11 is 0. The van der Waals surface area contributed by atoms with E-state index in [1.54, 1.807) is 7.11 Å². The van der Waals surface area contributed by atoms with Crippen LogP contribution in [0.5, 0.6) is 5.75 Å². The molecule has 0 radical (unpaired) electrons. The normalized spacial score (nSPS) is 16.4. The van der Waals surface area contributed by atoms with E-state index in [-0.39, 0.29) is 6.03 Å². The van der Waals surface area contributed by atoms with Crippen molar-refractivity contribution in [3.8, 4) is 5.75 Å². The van der Waals surface area contributed by atoms with Crippen molar-refractivity contribution in [3.05, 3.63) is 24.3 Å². The number of benzene rings is 1. The highest BCUT2D eigenvalue weighted by molar-refractivity contribution is 5.89. The summed E-state index contributed by atoms with van der Waals surface area (Å²) in [6.07, 6.45) is 5.97. The lowest BCUT2D eigenvalue weighted by Gasteiger charge is -2.25. The summed E-state index contributed by atoms with van der Waals surface area (Å²) in [5.74, 6) is 0.796. The highest BCUT2D eigenvalue weighted by Gasteiger charge is 2.14. The van der Waals surface area contributed by atoms with Crippen molar-refractivity contribution in [1.29, 1.82) is 0 Å². The van der Waals surface area contributed by atoms with E-state index in [4.69, 9.17) is 4.74 Å². The summed E-state index contributed by atoms with van der Waals surface area (Å²) in [5, 5.41) is 2.94. The Balaban J connectivity index is 1.90. The number of carbonyl (C=O) groups excluding carboxylic acids is 1. The zero-order valence-corrected chi connectivity index (χ0v) is 11.5. The molecule has 104 valence electrons. The number of anilines is 1. The molecule has 1 fully saturated rings. The monoisotopic (exact) mass is 262 g/mol. The predicted octanol–water partition coefficient (Wildman–Crippen LogP) is 3.49. The van der Waals surface area contributed by atoms with E-state index in [9.17, 15) is 4.79 Å². The lowest BCUT2D eigenvalue weighted by molar-refractivity contribution is 0.206. The second-order valence-electron chi connectivity index (χ2n) is 4.91. The van der Waals surface area contributed by atoms with E-state index >= 15 is 0 Å². The van der Waals surface area contributed by atoms with Crippen molar-refractivity contribution >= 4 is 11.7 Å². The minimum atomic E-state index is 0.00654. The van der Waals surface area contributed by atoms with Crippen molar-refractivity contribution in [2.24, 2.45) is 0 Å². The number of nitrogens with one attached hydrogen (secondary N) is 1. The van der Waals surface area contributed by atoms with Crippen LogP contribution in [-0.2, 0) is 0 Å². The molecule has 1 saturated heterocycles. The topological polar surface area (TPSA) is 41.6 Å². The second kappa shape index (κ2) is 7.02. The number of rotatable bonds is 2. The summed E-state index contributed by atoms with van der Waals surface area (Å²) in [7, 11) is 1.63. The standard InChI is InChI=1S/C15H22N2O2/c1-19-14-9-7-13(8-10-14)16-15(18)17-11-5-3-2-4-6-12-17/h7-10H,2-6,11-12H2,1H3,(H,16,18). The van der Waals surface area contributed by atoms with Gasteiger partial charge in [0.15, 0.2) is 0 Å². The van der Waals surface area contributed by atoms with E-state index in [2.05, 4.69) is 5.32 Å². The fraction of sp³-hybridized carbons (Fsp3) is 0.533.